The van der Waals surface area contributed by atoms with Crippen LogP contribution in [0.1, 0.15) is 10.4 Å². The minimum atomic E-state index is -1.05. The molecule has 2 aromatic carbocycles. The Morgan fingerprint density at radius 2 is 1.89 bits per heavy atom. The van der Waals surface area contributed by atoms with E-state index in [1.807, 2.05) is 30.5 Å². The molecule has 0 unspecified atom stereocenters. The van der Waals surface area contributed by atoms with Crippen molar-refractivity contribution in [2.24, 2.45) is 0 Å². The number of benzene rings is 2. The Hall–Kier alpha value is -1.94. The van der Waals surface area contributed by atoms with Crippen LogP contribution in [-0.4, -0.2) is 22.4 Å². The van der Waals surface area contributed by atoms with Crippen LogP contribution in [-0.2, 0) is 0 Å². The third-order valence-corrected chi connectivity index (χ3v) is 3.29. The number of rotatable bonds is 3. The number of phenolic OH excluding ortho intramolecular Hbond substituents is 1. The van der Waals surface area contributed by atoms with Gasteiger partial charge in [0.2, 0.25) is 0 Å². The maximum absolute atomic E-state index is 10.9. The molecule has 0 aliphatic rings. The van der Waals surface area contributed by atoms with Crippen LogP contribution in [0.25, 0.3) is 11.1 Å². The van der Waals surface area contributed by atoms with Gasteiger partial charge in [-0.2, -0.15) is 0 Å². The standard InChI is InChI=1S/C14H12O3S/c1-18-13-4-2-3-9(8-13)10-5-11(14(16)17)7-12(15)6-10/h2-8,15H,1H3,(H,16,17). The fourth-order valence-electron chi connectivity index (χ4n) is 1.70. The van der Waals surface area contributed by atoms with Gasteiger partial charge >= 0.3 is 5.97 Å². The van der Waals surface area contributed by atoms with Crippen LogP contribution < -0.4 is 0 Å². The average molecular weight is 260 g/mol. The van der Waals surface area contributed by atoms with Gasteiger partial charge in [0.05, 0.1) is 5.56 Å². The number of hydrogen-bond donors (Lipinski definition) is 2. The Labute approximate surface area is 109 Å². The molecule has 92 valence electrons. The van der Waals surface area contributed by atoms with Crippen molar-refractivity contribution in [3.63, 3.8) is 0 Å². The van der Waals surface area contributed by atoms with Crippen molar-refractivity contribution < 1.29 is 15.0 Å². The number of phenols is 1. The van der Waals surface area contributed by atoms with E-state index < -0.39 is 5.97 Å². The highest BCUT2D eigenvalue weighted by Crippen LogP contribution is 2.28. The molecule has 0 aliphatic heterocycles. The second kappa shape index (κ2) is 5.14. The van der Waals surface area contributed by atoms with Gasteiger partial charge in [-0.25, -0.2) is 4.79 Å². The van der Waals surface area contributed by atoms with E-state index in [0.717, 1.165) is 10.5 Å². The van der Waals surface area contributed by atoms with Gasteiger partial charge in [-0.15, -0.1) is 11.8 Å². The Kier molecular flexibility index (Phi) is 3.58. The topological polar surface area (TPSA) is 57.5 Å². The summed E-state index contributed by atoms with van der Waals surface area (Å²) in [5.41, 5.74) is 1.67. The van der Waals surface area contributed by atoms with Crippen LogP contribution in [0.4, 0.5) is 0 Å². The van der Waals surface area contributed by atoms with Crippen LogP contribution >= 0.6 is 11.8 Å². The summed E-state index contributed by atoms with van der Waals surface area (Å²) >= 11 is 1.61. The third-order valence-electron chi connectivity index (χ3n) is 2.57. The molecule has 3 nitrogen and oxygen atoms in total. The molecule has 0 radical (unpaired) electrons. The molecule has 0 saturated carbocycles. The highest BCUT2D eigenvalue weighted by atomic mass is 32.2. The van der Waals surface area contributed by atoms with Crippen LogP contribution in [0.2, 0.25) is 0 Å². The van der Waals surface area contributed by atoms with Crippen molar-refractivity contribution in [2.45, 2.75) is 4.90 Å². The second-order valence-corrected chi connectivity index (χ2v) is 4.69. The Morgan fingerprint density at radius 3 is 2.56 bits per heavy atom. The Morgan fingerprint density at radius 1 is 1.11 bits per heavy atom. The van der Waals surface area contributed by atoms with Gasteiger partial charge in [0, 0.05) is 4.90 Å². The first kappa shape index (κ1) is 12.5. The summed E-state index contributed by atoms with van der Waals surface area (Å²) in [7, 11) is 0. The normalized spacial score (nSPS) is 10.3. The van der Waals surface area contributed by atoms with E-state index in [-0.39, 0.29) is 11.3 Å². The zero-order valence-electron chi connectivity index (χ0n) is 9.75. The largest absolute Gasteiger partial charge is 0.508 e. The maximum atomic E-state index is 10.9. The SMILES string of the molecule is CSc1cccc(-c2cc(O)cc(C(=O)O)c2)c1. The van der Waals surface area contributed by atoms with Crippen LogP contribution in [0.5, 0.6) is 5.75 Å². The van der Waals surface area contributed by atoms with Gasteiger partial charge in [0.15, 0.2) is 0 Å². The fourth-order valence-corrected chi connectivity index (χ4v) is 2.16. The molecular weight excluding hydrogens is 248 g/mol. The van der Waals surface area contributed by atoms with E-state index in [1.54, 1.807) is 23.9 Å². The van der Waals surface area contributed by atoms with Crippen LogP contribution in [0.15, 0.2) is 47.4 Å². The van der Waals surface area contributed by atoms with E-state index in [4.69, 9.17) is 5.11 Å². The number of carboxylic acid groups (broad SMARTS) is 1. The van der Waals surface area contributed by atoms with E-state index in [2.05, 4.69) is 0 Å². The molecule has 2 rings (SSSR count). The van der Waals surface area contributed by atoms with Gasteiger partial charge in [-0.3, -0.25) is 0 Å². The lowest BCUT2D eigenvalue weighted by Gasteiger charge is -2.06. The van der Waals surface area contributed by atoms with E-state index >= 15 is 0 Å². The van der Waals surface area contributed by atoms with Crippen molar-refractivity contribution >= 4 is 17.7 Å². The summed E-state index contributed by atoms with van der Waals surface area (Å²) in [6.45, 7) is 0. The predicted molar refractivity (Wildman–Crippen MR) is 72.3 cm³/mol. The van der Waals surface area contributed by atoms with Crippen molar-refractivity contribution in [2.75, 3.05) is 6.26 Å². The van der Waals surface area contributed by atoms with Crippen molar-refractivity contribution in [3.05, 3.63) is 48.0 Å². The number of aromatic hydroxyl groups is 1. The lowest BCUT2D eigenvalue weighted by Crippen LogP contribution is -1.96. The third kappa shape index (κ3) is 2.65. The first-order valence-electron chi connectivity index (χ1n) is 5.32. The lowest BCUT2D eigenvalue weighted by molar-refractivity contribution is 0.0696. The fraction of sp³-hybridized carbons (Fsp3) is 0.0714. The lowest BCUT2D eigenvalue weighted by atomic mass is 10.0. The summed E-state index contributed by atoms with van der Waals surface area (Å²) in [4.78, 5) is 12.0. The van der Waals surface area contributed by atoms with Gasteiger partial charge < -0.3 is 10.2 Å². The predicted octanol–water partition coefficient (Wildman–Crippen LogP) is 3.48. The zero-order chi connectivity index (χ0) is 13.1. The molecule has 0 aromatic heterocycles. The highest BCUT2D eigenvalue weighted by Gasteiger charge is 2.08. The van der Waals surface area contributed by atoms with Gasteiger partial charge in [0.25, 0.3) is 0 Å². The number of thioether (sulfide) groups is 1. The van der Waals surface area contributed by atoms with Crippen molar-refractivity contribution in [3.8, 4) is 16.9 Å². The summed E-state index contributed by atoms with van der Waals surface area (Å²) in [5, 5.41) is 18.5. The number of aromatic carboxylic acids is 1. The van der Waals surface area contributed by atoms with E-state index in [9.17, 15) is 9.90 Å². The highest BCUT2D eigenvalue weighted by molar-refractivity contribution is 7.98. The molecule has 2 N–H and O–H groups in total. The molecule has 0 amide bonds. The molecule has 18 heavy (non-hydrogen) atoms. The molecule has 0 atom stereocenters. The summed E-state index contributed by atoms with van der Waals surface area (Å²) in [6, 6.07) is 12.1. The number of hydrogen-bond acceptors (Lipinski definition) is 3. The minimum Gasteiger partial charge on any atom is -0.508 e. The molecule has 0 bridgehead atoms. The summed E-state index contributed by atoms with van der Waals surface area (Å²) in [6.07, 6.45) is 1.98. The molecule has 2 aromatic rings. The number of carbonyl (C=O) groups is 1. The first-order valence-corrected chi connectivity index (χ1v) is 6.54. The zero-order valence-corrected chi connectivity index (χ0v) is 10.6. The minimum absolute atomic E-state index is 0.0422. The average Bonchev–Trinajstić information content (AvgIpc) is 2.38. The Bertz CT molecular complexity index is 593. The van der Waals surface area contributed by atoms with Crippen LogP contribution in [0, 0.1) is 0 Å². The first-order chi connectivity index (χ1) is 8.60. The van der Waals surface area contributed by atoms with E-state index in [1.165, 1.54) is 6.07 Å². The molecule has 0 heterocycles. The second-order valence-electron chi connectivity index (χ2n) is 3.81. The van der Waals surface area contributed by atoms with Crippen molar-refractivity contribution in [1.29, 1.82) is 0 Å². The number of carboxylic acids is 1. The maximum Gasteiger partial charge on any atom is 0.335 e. The summed E-state index contributed by atoms with van der Waals surface area (Å²) < 4.78 is 0. The van der Waals surface area contributed by atoms with E-state index in [0.29, 0.717) is 5.56 Å². The van der Waals surface area contributed by atoms with Crippen LogP contribution in [0.3, 0.4) is 0 Å². The van der Waals surface area contributed by atoms with Gasteiger partial charge in [0.1, 0.15) is 5.75 Å². The van der Waals surface area contributed by atoms with Crippen molar-refractivity contribution in [1.82, 2.24) is 0 Å². The smallest absolute Gasteiger partial charge is 0.335 e. The molecular formula is C14H12O3S. The molecule has 0 spiro atoms. The Balaban J connectivity index is 2.52. The molecule has 4 heteroatoms. The monoisotopic (exact) mass is 260 g/mol. The van der Waals surface area contributed by atoms with Gasteiger partial charge in [-0.05, 0) is 47.7 Å². The molecule has 0 aliphatic carbocycles. The summed E-state index contributed by atoms with van der Waals surface area (Å²) in [5.74, 6) is -1.09. The quantitative estimate of drug-likeness (QED) is 0.829. The molecule has 0 saturated heterocycles. The van der Waals surface area contributed by atoms with Gasteiger partial charge in [-0.1, -0.05) is 12.1 Å². The molecule has 0 fully saturated rings.